The summed E-state index contributed by atoms with van der Waals surface area (Å²) in [4.78, 5) is 3.70. The van der Waals surface area contributed by atoms with Gasteiger partial charge in [-0.05, 0) is 29.8 Å². The second-order valence-corrected chi connectivity index (χ2v) is 4.82. The number of imidazole rings is 1. The van der Waals surface area contributed by atoms with Crippen LogP contribution in [0.25, 0.3) is 11.0 Å². The first-order chi connectivity index (χ1) is 10.5. The number of aromatic nitrogens is 2. The molecular formula is C16H10F3N3. The fourth-order valence-corrected chi connectivity index (χ4v) is 2.37. The molecule has 0 unspecified atom stereocenters. The molecule has 0 amide bonds. The number of benzene rings is 2. The number of halogens is 3. The van der Waals surface area contributed by atoms with E-state index in [-0.39, 0.29) is 6.54 Å². The van der Waals surface area contributed by atoms with Gasteiger partial charge in [-0.3, -0.25) is 0 Å². The van der Waals surface area contributed by atoms with Crippen molar-refractivity contribution in [2.24, 2.45) is 0 Å². The van der Waals surface area contributed by atoms with Gasteiger partial charge in [0.25, 0.3) is 0 Å². The Bertz CT molecular complexity index is 872. The summed E-state index contributed by atoms with van der Waals surface area (Å²) < 4.78 is 40.7. The number of hydrogen-bond donors (Lipinski definition) is 0. The molecule has 2 aromatic carbocycles. The summed E-state index contributed by atoms with van der Waals surface area (Å²) in [6.07, 6.45) is -4.54. The van der Waals surface area contributed by atoms with Gasteiger partial charge in [0.05, 0.1) is 22.7 Å². The number of para-hydroxylation sites is 2. The molecule has 1 aromatic heterocycles. The van der Waals surface area contributed by atoms with Crippen molar-refractivity contribution in [2.75, 3.05) is 0 Å². The minimum atomic E-state index is -4.54. The second kappa shape index (κ2) is 5.19. The van der Waals surface area contributed by atoms with Crippen molar-refractivity contribution in [2.45, 2.75) is 12.7 Å². The Morgan fingerprint density at radius 2 is 1.86 bits per heavy atom. The molecule has 0 spiro atoms. The van der Waals surface area contributed by atoms with E-state index in [0.29, 0.717) is 22.2 Å². The van der Waals surface area contributed by atoms with E-state index in [2.05, 4.69) is 4.98 Å². The highest BCUT2D eigenvalue weighted by Gasteiger charge is 2.37. The maximum absolute atomic E-state index is 13.2. The van der Waals surface area contributed by atoms with E-state index in [9.17, 15) is 13.2 Å². The summed E-state index contributed by atoms with van der Waals surface area (Å²) in [7, 11) is 0. The maximum Gasteiger partial charge on any atom is 0.449 e. The second-order valence-electron chi connectivity index (χ2n) is 4.82. The zero-order valence-electron chi connectivity index (χ0n) is 11.3. The van der Waals surface area contributed by atoms with Crippen molar-refractivity contribution in [3.63, 3.8) is 0 Å². The van der Waals surface area contributed by atoms with Gasteiger partial charge in [0.2, 0.25) is 5.82 Å². The Kier molecular flexibility index (Phi) is 3.33. The number of nitriles is 1. The third kappa shape index (κ3) is 2.53. The molecule has 0 fully saturated rings. The summed E-state index contributed by atoms with van der Waals surface area (Å²) in [6, 6.07) is 15.0. The quantitative estimate of drug-likeness (QED) is 0.718. The molecule has 0 saturated carbocycles. The topological polar surface area (TPSA) is 41.6 Å². The Labute approximate surface area is 124 Å². The van der Waals surface area contributed by atoms with Crippen LogP contribution in [0.2, 0.25) is 0 Å². The van der Waals surface area contributed by atoms with Gasteiger partial charge >= 0.3 is 6.18 Å². The lowest BCUT2D eigenvalue weighted by molar-refractivity contribution is -0.146. The summed E-state index contributed by atoms with van der Waals surface area (Å²) in [6.45, 7) is 0.00484. The van der Waals surface area contributed by atoms with Crippen LogP contribution in [0.5, 0.6) is 0 Å². The lowest BCUT2D eigenvalue weighted by Gasteiger charge is -2.11. The predicted octanol–water partition coefficient (Wildman–Crippen LogP) is 3.98. The van der Waals surface area contributed by atoms with Crippen LogP contribution < -0.4 is 0 Å². The lowest BCUT2D eigenvalue weighted by atomic mass is 10.1. The number of hydrogen-bond acceptors (Lipinski definition) is 2. The van der Waals surface area contributed by atoms with Gasteiger partial charge in [-0.25, -0.2) is 4.98 Å². The average Bonchev–Trinajstić information content (AvgIpc) is 2.87. The highest BCUT2D eigenvalue weighted by molar-refractivity contribution is 5.76. The monoisotopic (exact) mass is 301 g/mol. The summed E-state index contributed by atoms with van der Waals surface area (Å²) >= 11 is 0. The molecule has 3 rings (SSSR count). The Balaban J connectivity index is 2.14. The molecule has 0 radical (unpaired) electrons. The van der Waals surface area contributed by atoms with E-state index in [4.69, 9.17) is 5.26 Å². The molecule has 0 aliphatic carbocycles. The van der Waals surface area contributed by atoms with Gasteiger partial charge in [0.1, 0.15) is 0 Å². The maximum atomic E-state index is 13.2. The van der Waals surface area contributed by atoms with Crippen LogP contribution in [0.4, 0.5) is 13.2 Å². The van der Waals surface area contributed by atoms with Crippen LogP contribution in [0.15, 0.2) is 48.5 Å². The predicted molar refractivity (Wildman–Crippen MR) is 75.0 cm³/mol. The lowest BCUT2D eigenvalue weighted by Crippen LogP contribution is -2.15. The molecule has 3 nitrogen and oxygen atoms in total. The van der Waals surface area contributed by atoms with Crippen molar-refractivity contribution in [3.05, 3.63) is 65.5 Å². The highest BCUT2D eigenvalue weighted by atomic mass is 19.4. The van der Waals surface area contributed by atoms with Crippen LogP contribution in [-0.2, 0) is 12.7 Å². The largest absolute Gasteiger partial charge is 0.449 e. The molecular weight excluding hydrogens is 291 g/mol. The smallest absolute Gasteiger partial charge is 0.316 e. The molecule has 0 aliphatic heterocycles. The fraction of sp³-hybridized carbons (Fsp3) is 0.125. The van der Waals surface area contributed by atoms with Crippen LogP contribution in [0, 0.1) is 11.3 Å². The Morgan fingerprint density at radius 3 is 2.59 bits per heavy atom. The van der Waals surface area contributed by atoms with Crippen molar-refractivity contribution < 1.29 is 13.2 Å². The van der Waals surface area contributed by atoms with E-state index in [0.717, 1.165) is 4.57 Å². The minimum Gasteiger partial charge on any atom is -0.316 e. The molecule has 0 N–H and O–H groups in total. The Morgan fingerprint density at radius 1 is 1.09 bits per heavy atom. The average molecular weight is 301 g/mol. The van der Waals surface area contributed by atoms with E-state index in [1.807, 2.05) is 6.07 Å². The zero-order chi connectivity index (χ0) is 15.7. The van der Waals surface area contributed by atoms with Gasteiger partial charge in [0.15, 0.2) is 0 Å². The molecule has 0 atom stereocenters. The summed E-state index contributed by atoms with van der Waals surface area (Å²) in [5.41, 5.74) is 1.74. The van der Waals surface area contributed by atoms with Crippen molar-refractivity contribution in [1.82, 2.24) is 9.55 Å². The molecule has 22 heavy (non-hydrogen) atoms. The number of rotatable bonds is 2. The molecule has 6 heteroatoms. The van der Waals surface area contributed by atoms with Gasteiger partial charge < -0.3 is 4.57 Å². The fourth-order valence-electron chi connectivity index (χ4n) is 2.37. The van der Waals surface area contributed by atoms with Crippen LogP contribution in [-0.4, -0.2) is 9.55 Å². The minimum absolute atomic E-state index is 0.00484. The van der Waals surface area contributed by atoms with Crippen molar-refractivity contribution in [1.29, 1.82) is 5.26 Å². The molecule has 0 bridgehead atoms. The van der Waals surface area contributed by atoms with Crippen molar-refractivity contribution in [3.8, 4) is 6.07 Å². The first-order valence-corrected chi connectivity index (χ1v) is 6.50. The molecule has 0 aliphatic rings. The van der Waals surface area contributed by atoms with Gasteiger partial charge in [-0.1, -0.05) is 24.3 Å². The molecule has 110 valence electrons. The third-order valence-corrected chi connectivity index (χ3v) is 3.30. The van der Waals surface area contributed by atoms with E-state index >= 15 is 0 Å². The SMILES string of the molecule is N#Cc1cccc(Cn2c(C(F)(F)F)nc3ccccc32)c1. The van der Waals surface area contributed by atoms with Crippen LogP contribution >= 0.6 is 0 Å². The van der Waals surface area contributed by atoms with Gasteiger partial charge in [0, 0.05) is 6.54 Å². The van der Waals surface area contributed by atoms with E-state index in [1.54, 1.807) is 48.5 Å². The highest BCUT2D eigenvalue weighted by Crippen LogP contribution is 2.32. The normalized spacial score (nSPS) is 11.5. The molecule has 1 heterocycles. The number of fused-ring (bicyclic) bond motifs is 1. The number of nitrogens with zero attached hydrogens (tertiary/aromatic N) is 3. The number of alkyl halides is 3. The van der Waals surface area contributed by atoms with Gasteiger partial charge in [-0.2, -0.15) is 18.4 Å². The third-order valence-electron chi connectivity index (χ3n) is 3.30. The zero-order valence-corrected chi connectivity index (χ0v) is 11.3. The van der Waals surface area contributed by atoms with Crippen LogP contribution in [0.3, 0.4) is 0 Å². The Hall–Kier alpha value is -2.81. The van der Waals surface area contributed by atoms with Gasteiger partial charge in [-0.15, -0.1) is 0 Å². The molecule has 0 saturated heterocycles. The summed E-state index contributed by atoms with van der Waals surface area (Å²) in [5, 5.41) is 8.89. The standard InChI is InChI=1S/C16H10F3N3/c17-16(18,19)15-21-13-6-1-2-7-14(13)22(15)10-12-5-3-4-11(8-12)9-20/h1-8H,10H2. The van der Waals surface area contributed by atoms with E-state index in [1.165, 1.54) is 0 Å². The first-order valence-electron chi connectivity index (χ1n) is 6.50. The molecule has 3 aromatic rings. The van der Waals surface area contributed by atoms with E-state index < -0.39 is 12.0 Å². The van der Waals surface area contributed by atoms with Crippen LogP contribution in [0.1, 0.15) is 17.0 Å². The van der Waals surface area contributed by atoms with Crippen molar-refractivity contribution >= 4 is 11.0 Å². The summed E-state index contributed by atoms with van der Waals surface area (Å²) in [5.74, 6) is -0.934. The first kappa shape index (κ1) is 14.1.